The van der Waals surface area contributed by atoms with E-state index in [2.05, 4.69) is 9.97 Å². The number of aromatic amines is 1. The maximum atomic E-state index is 11.5. The van der Waals surface area contributed by atoms with Crippen molar-refractivity contribution >= 4 is 0 Å². The van der Waals surface area contributed by atoms with Crippen LogP contribution in [0.3, 0.4) is 0 Å². The molecule has 2 aromatic rings. The molecule has 5 nitrogen and oxygen atoms in total. The zero-order valence-corrected chi connectivity index (χ0v) is 10.5. The molecule has 5 heteroatoms. The molecule has 0 aliphatic heterocycles. The van der Waals surface area contributed by atoms with Crippen LogP contribution >= 0.6 is 0 Å². The van der Waals surface area contributed by atoms with Gasteiger partial charge in [0, 0.05) is 0 Å². The zero-order valence-electron chi connectivity index (χ0n) is 10.5. The fourth-order valence-electron chi connectivity index (χ4n) is 1.56. The molecule has 0 aliphatic carbocycles. The van der Waals surface area contributed by atoms with Crippen LogP contribution in [0.5, 0.6) is 17.4 Å². The third-order valence-electron chi connectivity index (χ3n) is 2.74. The molecule has 2 rings (SSSR count). The highest BCUT2D eigenvalue weighted by atomic mass is 16.5. The fraction of sp³-hybridized carbons (Fsp3) is 0.231. The quantitative estimate of drug-likeness (QED) is 0.901. The summed E-state index contributed by atoms with van der Waals surface area (Å²) in [5.74, 6) is 0.889. The number of nitrogens with zero attached hydrogens (tertiary/aromatic N) is 1. The molecule has 0 spiro atoms. The number of H-pyrrole nitrogens is 1. The Balaban J connectivity index is 2.43. The summed E-state index contributed by atoms with van der Waals surface area (Å²) in [6.45, 7) is 3.94. The molecule has 18 heavy (non-hydrogen) atoms. The van der Waals surface area contributed by atoms with Gasteiger partial charge in [0.2, 0.25) is 5.75 Å². The van der Waals surface area contributed by atoms with E-state index in [1.54, 1.807) is 0 Å². The first kappa shape index (κ1) is 12.2. The van der Waals surface area contributed by atoms with Crippen molar-refractivity contribution in [2.24, 2.45) is 0 Å². The number of benzene rings is 1. The Morgan fingerprint density at radius 1 is 1.28 bits per heavy atom. The van der Waals surface area contributed by atoms with Gasteiger partial charge in [-0.1, -0.05) is 12.1 Å². The van der Waals surface area contributed by atoms with Gasteiger partial charge in [-0.25, -0.2) is 4.98 Å². The van der Waals surface area contributed by atoms with Gasteiger partial charge in [0.25, 0.3) is 11.4 Å². The van der Waals surface area contributed by atoms with Crippen molar-refractivity contribution in [1.82, 2.24) is 9.97 Å². The molecule has 0 saturated heterocycles. The molecule has 1 aromatic carbocycles. The van der Waals surface area contributed by atoms with Crippen molar-refractivity contribution in [2.45, 2.75) is 13.8 Å². The van der Waals surface area contributed by atoms with Crippen LogP contribution in [-0.4, -0.2) is 17.1 Å². The van der Waals surface area contributed by atoms with Gasteiger partial charge in [-0.15, -0.1) is 0 Å². The van der Waals surface area contributed by atoms with E-state index in [1.165, 1.54) is 13.4 Å². The molecule has 0 unspecified atom stereocenters. The van der Waals surface area contributed by atoms with Crippen LogP contribution in [0, 0.1) is 13.8 Å². The third-order valence-corrected chi connectivity index (χ3v) is 2.74. The highest BCUT2D eigenvalue weighted by molar-refractivity contribution is 5.42. The van der Waals surface area contributed by atoms with E-state index in [0.29, 0.717) is 5.75 Å². The van der Waals surface area contributed by atoms with E-state index in [4.69, 9.17) is 9.47 Å². The molecule has 1 N–H and O–H groups in total. The molecular formula is C13H14N2O3. The Morgan fingerprint density at radius 3 is 2.78 bits per heavy atom. The molecular weight excluding hydrogens is 232 g/mol. The average molecular weight is 246 g/mol. The molecule has 0 radical (unpaired) electrons. The lowest BCUT2D eigenvalue weighted by Crippen LogP contribution is -2.11. The van der Waals surface area contributed by atoms with Crippen LogP contribution in [0.2, 0.25) is 0 Å². The van der Waals surface area contributed by atoms with Crippen molar-refractivity contribution in [3.05, 3.63) is 46.0 Å². The number of ether oxygens (including phenoxy) is 2. The predicted octanol–water partition coefficient (Wildman–Crippen LogP) is 2.19. The van der Waals surface area contributed by atoms with E-state index in [9.17, 15) is 4.79 Å². The SMILES string of the molecule is COc1c(Oc2cccc(C)c2C)nc[nH]c1=O. The van der Waals surface area contributed by atoms with Gasteiger partial charge in [0.05, 0.1) is 13.4 Å². The van der Waals surface area contributed by atoms with E-state index >= 15 is 0 Å². The molecule has 1 aromatic heterocycles. The number of nitrogens with one attached hydrogen (secondary N) is 1. The molecule has 94 valence electrons. The Morgan fingerprint density at radius 2 is 2.06 bits per heavy atom. The maximum absolute atomic E-state index is 11.5. The Labute approximate surface area is 104 Å². The lowest BCUT2D eigenvalue weighted by atomic mass is 10.1. The van der Waals surface area contributed by atoms with Crippen molar-refractivity contribution in [3.8, 4) is 17.4 Å². The first-order valence-corrected chi connectivity index (χ1v) is 5.49. The largest absolute Gasteiger partial charge is 0.487 e. The highest BCUT2D eigenvalue weighted by Crippen LogP contribution is 2.29. The van der Waals surface area contributed by atoms with E-state index in [-0.39, 0.29) is 17.2 Å². The summed E-state index contributed by atoms with van der Waals surface area (Å²) in [4.78, 5) is 17.9. The van der Waals surface area contributed by atoms with Gasteiger partial charge in [-0.05, 0) is 31.0 Å². The van der Waals surface area contributed by atoms with Crippen LogP contribution in [-0.2, 0) is 0 Å². The summed E-state index contributed by atoms with van der Waals surface area (Å²) in [5, 5.41) is 0. The normalized spacial score (nSPS) is 10.2. The van der Waals surface area contributed by atoms with Crippen molar-refractivity contribution in [1.29, 1.82) is 0 Å². The van der Waals surface area contributed by atoms with Gasteiger partial charge in [-0.3, -0.25) is 4.79 Å². The van der Waals surface area contributed by atoms with Crippen LogP contribution in [0.25, 0.3) is 0 Å². The van der Waals surface area contributed by atoms with Gasteiger partial charge in [-0.2, -0.15) is 0 Å². The third kappa shape index (κ3) is 2.20. The van der Waals surface area contributed by atoms with Crippen molar-refractivity contribution < 1.29 is 9.47 Å². The molecule has 0 amide bonds. The van der Waals surface area contributed by atoms with E-state index in [1.807, 2.05) is 32.0 Å². The molecule has 0 saturated carbocycles. The second-order valence-electron chi connectivity index (χ2n) is 3.87. The van der Waals surface area contributed by atoms with Crippen LogP contribution in [0.4, 0.5) is 0 Å². The minimum Gasteiger partial charge on any atom is -0.487 e. The zero-order chi connectivity index (χ0) is 13.1. The molecule has 0 fully saturated rings. The maximum Gasteiger partial charge on any atom is 0.297 e. The number of hydrogen-bond donors (Lipinski definition) is 1. The van der Waals surface area contributed by atoms with Crippen LogP contribution < -0.4 is 15.0 Å². The summed E-state index contributed by atoms with van der Waals surface area (Å²) >= 11 is 0. The Kier molecular flexibility index (Phi) is 3.32. The number of hydrogen-bond acceptors (Lipinski definition) is 4. The Bertz CT molecular complexity index is 620. The summed E-state index contributed by atoms with van der Waals surface area (Å²) < 4.78 is 10.6. The fourth-order valence-corrected chi connectivity index (χ4v) is 1.56. The molecule has 0 bridgehead atoms. The number of aromatic nitrogens is 2. The average Bonchev–Trinajstić information content (AvgIpc) is 2.35. The lowest BCUT2D eigenvalue weighted by molar-refractivity contribution is 0.362. The smallest absolute Gasteiger partial charge is 0.297 e. The van der Waals surface area contributed by atoms with Crippen molar-refractivity contribution in [2.75, 3.05) is 7.11 Å². The first-order chi connectivity index (χ1) is 8.63. The van der Waals surface area contributed by atoms with Gasteiger partial charge in [0.1, 0.15) is 5.75 Å². The van der Waals surface area contributed by atoms with Crippen LogP contribution in [0.1, 0.15) is 11.1 Å². The standard InChI is InChI=1S/C13H14N2O3/c1-8-5-4-6-10(9(8)2)18-13-11(17-3)12(16)14-7-15-13/h4-7H,1-3H3,(H,14,15,16). The minimum atomic E-state index is -0.368. The summed E-state index contributed by atoms with van der Waals surface area (Å²) in [6, 6.07) is 5.70. The lowest BCUT2D eigenvalue weighted by Gasteiger charge is -2.11. The molecule has 1 heterocycles. The summed E-state index contributed by atoms with van der Waals surface area (Å²) in [5.41, 5.74) is 1.74. The molecule has 0 atom stereocenters. The highest BCUT2D eigenvalue weighted by Gasteiger charge is 2.12. The molecule has 0 aliphatic rings. The van der Waals surface area contributed by atoms with Gasteiger partial charge in [0.15, 0.2) is 0 Å². The minimum absolute atomic E-state index is 0.0680. The van der Waals surface area contributed by atoms with Crippen LogP contribution in [0.15, 0.2) is 29.3 Å². The topological polar surface area (TPSA) is 64.2 Å². The summed E-state index contributed by atoms with van der Waals surface area (Å²) in [7, 11) is 1.40. The number of methoxy groups -OCH3 is 1. The predicted molar refractivity (Wildman–Crippen MR) is 67.4 cm³/mol. The van der Waals surface area contributed by atoms with Gasteiger partial charge < -0.3 is 14.5 Å². The van der Waals surface area contributed by atoms with Crippen molar-refractivity contribution in [3.63, 3.8) is 0 Å². The Hall–Kier alpha value is -2.30. The first-order valence-electron chi connectivity index (χ1n) is 5.49. The van der Waals surface area contributed by atoms with Gasteiger partial charge >= 0.3 is 0 Å². The van der Waals surface area contributed by atoms with E-state index in [0.717, 1.165) is 11.1 Å². The number of rotatable bonds is 3. The second kappa shape index (κ2) is 4.91. The summed E-state index contributed by atoms with van der Waals surface area (Å²) in [6.07, 6.45) is 1.28. The monoisotopic (exact) mass is 246 g/mol. The number of aryl methyl sites for hydroxylation is 1. The van der Waals surface area contributed by atoms with E-state index < -0.39 is 0 Å². The second-order valence-corrected chi connectivity index (χ2v) is 3.87.